The molecule has 0 aromatic rings. The zero-order valence-corrected chi connectivity index (χ0v) is 44.2. The average Bonchev–Trinajstić information content (AvgIpc) is 3.37. The Morgan fingerprint density at radius 1 is 0.507 bits per heavy atom. The summed E-state index contributed by atoms with van der Waals surface area (Å²) in [5, 5.41) is 86.9. The molecule has 414 valence electrons. The van der Waals surface area contributed by atoms with E-state index in [0.29, 0.717) is 12.8 Å². The summed E-state index contributed by atoms with van der Waals surface area (Å²) in [4.78, 5) is 13.2. The first-order valence-electron chi connectivity index (χ1n) is 28.4. The van der Waals surface area contributed by atoms with Crippen LogP contribution in [0, 0.1) is 0 Å². The van der Waals surface area contributed by atoms with E-state index in [-0.39, 0.29) is 18.9 Å². The normalized spacial score (nSPS) is 26.1. The Morgan fingerprint density at radius 3 is 1.52 bits per heavy atom. The van der Waals surface area contributed by atoms with Gasteiger partial charge in [0.15, 0.2) is 12.6 Å². The van der Waals surface area contributed by atoms with Gasteiger partial charge in [0.25, 0.3) is 0 Å². The van der Waals surface area contributed by atoms with E-state index in [0.717, 1.165) is 64.2 Å². The van der Waals surface area contributed by atoms with Crippen molar-refractivity contribution in [3.05, 3.63) is 48.6 Å². The van der Waals surface area contributed by atoms with Gasteiger partial charge in [-0.3, -0.25) is 4.79 Å². The predicted molar refractivity (Wildman–Crippen MR) is 281 cm³/mol. The summed E-state index contributed by atoms with van der Waals surface area (Å²) in [5.74, 6) is -0.265. The fraction of sp³-hybridized carbons (Fsp3) is 0.842. The van der Waals surface area contributed by atoms with Crippen molar-refractivity contribution in [2.45, 2.75) is 286 Å². The number of ether oxygens (including phenoxy) is 4. The van der Waals surface area contributed by atoms with Gasteiger partial charge in [-0.2, -0.15) is 0 Å². The molecular formula is C57H103NO13. The molecule has 1 amide bonds. The zero-order valence-electron chi connectivity index (χ0n) is 44.2. The van der Waals surface area contributed by atoms with E-state index in [1.165, 1.54) is 116 Å². The maximum Gasteiger partial charge on any atom is 0.220 e. The molecule has 2 saturated heterocycles. The SMILES string of the molecule is CCC/C=C\C/C=C\CCCCCCCC(=O)NC(COC1OC(CO)C(OC2OC(CO)C(O)C(O)C2O)C(O)C1O)C(O)/C=C/CC/C=C/CCCCCCCCCCCCCCCCCCCC. The topological polar surface area (TPSA) is 228 Å². The molecule has 12 atom stereocenters. The van der Waals surface area contributed by atoms with Crippen molar-refractivity contribution in [1.82, 2.24) is 5.32 Å². The summed E-state index contributed by atoms with van der Waals surface area (Å²) in [6, 6.07) is -0.939. The maximum absolute atomic E-state index is 13.2. The molecule has 0 aromatic carbocycles. The van der Waals surface area contributed by atoms with Crippen LogP contribution >= 0.6 is 0 Å². The third-order valence-corrected chi connectivity index (χ3v) is 13.7. The molecule has 9 N–H and O–H groups in total. The van der Waals surface area contributed by atoms with Gasteiger partial charge in [-0.05, 0) is 57.8 Å². The van der Waals surface area contributed by atoms with Crippen LogP contribution in [-0.4, -0.2) is 140 Å². The number of hydrogen-bond acceptors (Lipinski definition) is 13. The standard InChI is InChI=1S/C57H103NO13/c1-3-5-7-9-11-13-15-17-18-19-20-21-22-23-24-25-26-27-29-30-32-34-36-38-40-46(61)45(58-49(62)41-39-37-35-33-31-28-16-14-12-10-8-6-4-2)44-68-56-54(67)52(65)55(48(43-60)70-56)71-57-53(66)51(64)50(63)47(42-59)69-57/h8,10,14,16,30,32,38,40,45-48,50-57,59-61,63-67H,3-7,9,11-13,15,17-29,31,33-37,39,41-44H2,1-2H3,(H,58,62)/b10-8-,16-14-,32-30+,40-38+. The van der Waals surface area contributed by atoms with Gasteiger partial charge in [0.2, 0.25) is 5.91 Å². The highest BCUT2D eigenvalue weighted by Crippen LogP contribution is 2.30. The summed E-state index contributed by atoms with van der Waals surface area (Å²) < 4.78 is 22.7. The molecule has 2 fully saturated rings. The van der Waals surface area contributed by atoms with E-state index in [1.807, 2.05) is 6.08 Å². The fourth-order valence-corrected chi connectivity index (χ4v) is 9.11. The molecule has 0 aliphatic carbocycles. The minimum atomic E-state index is -1.79. The Kier molecular flexibility index (Phi) is 39.6. The Balaban J connectivity index is 1.79. The highest BCUT2D eigenvalue weighted by molar-refractivity contribution is 5.76. The highest BCUT2D eigenvalue weighted by atomic mass is 16.7. The molecule has 2 rings (SSSR count). The summed E-state index contributed by atoms with van der Waals surface area (Å²) in [6.07, 6.45) is 35.9. The second-order valence-corrected chi connectivity index (χ2v) is 20.1. The first-order chi connectivity index (χ1) is 34.6. The minimum Gasteiger partial charge on any atom is -0.394 e. The van der Waals surface area contributed by atoms with E-state index in [9.17, 15) is 45.6 Å². The lowest BCUT2D eigenvalue weighted by molar-refractivity contribution is -0.359. The van der Waals surface area contributed by atoms with E-state index in [1.54, 1.807) is 6.08 Å². The monoisotopic (exact) mass is 1010 g/mol. The molecular weight excluding hydrogens is 907 g/mol. The van der Waals surface area contributed by atoms with Crippen molar-refractivity contribution in [2.24, 2.45) is 0 Å². The van der Waals surface area contributed by atoms with Gasteiger partial charge >= 0.3 is 0 Å². The first kappa shape index (κ1) is 65.1. The molecule has 71 heavy (non-hydrogen) atoms. The molecule has 0 spiro atoms. The van der Waals surface area contributed by atoms with E-state index in [2.05, 4.69) is 55.6 Å². The molecule has 0 saturated carbocycles. The van der Waals surface area contributed by atoms with Crippen LogP contribution in [-0.2, 0) is 23.7 Å². The van der Waals surface area contributed by atoms with Crippen LogP contribution in [0.15, 0.2) is 48.6 Å². The van der Waals surface area contributed by atoms with Crippen molar-refractivity contribution in [3.8, 4) is 0 Å². The lowest BCUT2D eigenvalue weighted by Crippen LogP contribution is -2.65. The third-order valence-electron chi connectivity index (χ3n) is 13.7. The number of rotatable bonds is 44. The number of carbonyl (C=O) groups is 1. The van der Waals surface area contributed by atoms with Gasteiger partial charge in [-0.1, -0.05) is 197 Å². The molecule has 12 unspecified atom stereocenters. The van der Waals surface area contributed by atoms with Crippen molar-refractivity contribution < 1.29 is 64.6 Å². The van der Waals surface area contributed by atoms with Gasteiger partial charge in [-0.25, -0.2) is 0 Å². The van der Waals surface area contributed by atoms with Crippen LogP contribution in [0.1, 0.15) is 213 Å². The summed E-state index contributed by atoms with van der Waals surface area (Å²) in [5.41, 5.74) is 0. The second kappa shape index (κ2) is 43.2. The fourth-order valence-electron chi connectivity index (χ4n) is 9.11. The molecule has 2 aliphatic heterocycles. The zero-order chi connectivity index (χ0) is 51.7. The Morgan fingerprint density at radius 2 is 0.972 bits per heavy atom. The van der Waals surface area contributed by atoms with Crippen LogP contribution < -0.4 is 5.32 Å². The molecule has 2 heterocycles. The maximum atomic E-state index is 13.2. The molecule has 14 heteroatoms. The van der Waals surface area contributed by atoms with Crippen LogP contribution in [0.4, 0.5) is 0 Å². The molecule has 0 bridgehead atoms. The Bertz CT molecular complexity index is 1380. The van der Waals surface area contributed by atoms with Crippen molar-refractivity contribution in [1.29, 1.82) is 0 Å². The van der Waals surface area contributed by atoms with Gasteiger partial charge in [0, 0.05) is 6.42 Å². The van der Waals surface area contributed by atoms with Crippen LogP contribution in [0.3, 0.4) is 0 Å². The summed E-state index contributed by atoms with van der Waals surface area (Å²) in [6.45, 7) is 2.70. The second-order valence-electron chi connectivity index (χ2n) is 20.1. The minimum absolute atomic E-state index is 0.256. The van der Waals surface area contributed by atoms with Crippen LogP contribution in [0.2, 0.25) is 0 Å². The van der Waals surface area contributed by atoms with Crippen LogP contribution in [0.25, 0.3) is 0 Å². The van der Waals surface area contributed by atoms with E-state index >= 15 is 0 Å². The summed E-state index contributed by atoms with van der Waals surface area (Å²) in [7, 11) is 0. The number of amides is 1. The van der Waals surface area contributed by atoms with E-state index < -0.39 is 86.8 Å². The predicted octanol–water partition coefficient (Wildman–Crippen LogP) is 8.83. The number of aliphatic hydroxyl groups is 8. The quantitative estimate of drug-likeness (QED) is 0.0206. The lowest BCUT2D eigenvalue weighted by atomic mass is 9.97. The van der Waals surface area contributed by atoms with E-state index in [4.69, 9.17) is 18.9 Å². The van der Waals surface area contributed by atoms with Gasteiger partial charge in [0.05, 0.1) is 32.0 Å². The van der Waals surface area contributed by atoms with Crippen LogP contribution in [0.5, 0.6) is 0 Å². The number of hydrogen-bond donors (Lipinski definition) is 9. The lowest BCUT2D eigenvalue weighted by Gasteiger charge is -2.46. The van der Waals surface area contributed by atoms with Gasteiger partial charge in [0.1, 0.15) is 48.8 Å². The largest absolute Gasteiger partial charge is 0.394 e. The van der Waals surface area contributed by atoms with Crippen molar-refractivity contribution in [3.63, 3.8) is 0 Å². The van der Waals surface area contributed by atoms with Crippen molar-refractivity contribution in [2.75, 3.05) is 19.8 Å². The molecule has 0 radical (unpaired) electrons. The number of carbonyl (C=O) groups excluding carboxylic acids is 1. The van der Waals surface area contributed by atoms with Gasteiger partial charge in [-0.15, -0.1) is 0 Å². The smallest absolute Gasteiger partial charge is 0.220 e. The van der Waals surface area contributed by atoms with Gasteiger partial charge < -0.3 is 65.1 Å². The molecule has 2 aliphatic rings. The third kappa shape index (κ3) is 29.6. The summed E-state index contributed by atoms with van der Waals surface area (Å²) >= 11 is 0. The molecule has 0 aromatic heterocycles. The number of aliphatic hydroxyl groups excluding tert-OH is 8. The Labute approximate surface area is 429 Å². The number of allylic oxidation sites excluding steroid dienone is 7. The number of nitrogens with one attached hydrogen (secondary N) is 1. The molecule has 14 nitrogen and oxygen atoms in total. The first-order valence-corrected chi connectivity index (χ1v) is 28.4. The number of unbranched alkanes of at least 4 members (excludes halogenated alkanes) is 25. The Hall–Kier alpha value is -2.05. The average molecular weight is 1010 g/mol. The van der Waals surface area contributed by atoms with Crippen molar-refractivity contribution >= 4 is 5.91 Å². The highest BCUT2D eigenvalue weighted by Gasteiger charge is 2.51.